The van der Waals surface area contributed by atoms with Gasteiger partial charge in [0.1, 0.15) is 5.52 Å². The van der Waals surface area contributed by atoms with Gasteiger partial charge >= 0.3 is 0 Å². The number of anilines is 2. The molecule has 0 saturated heterocycles. The van der Waals surface area contributed by atoms with Gasteiger partial charge in [0.15, 0.2) is 17.1 Å². The fourth-order valence-corrected chi connectivity index (χ4v) is 2.04. The molecule has 2 aromatic heterocycles. The number of amides is 1. The van der Waals surface area contributed by atoms with Gasteiger partial charge in [-0.1, -0.05) is 20.8 Å². The molecule has 7 nitrogen and oxygen atoms in total. The van der Waals surface area contributed by atoms with Crippen molar-refractivity contribution in [2.24, 2.45) is 0 Å². The van der Waals surface area contributed by atoms with Crippen molar-refractivity contribution < 1.29 is 9.21 Å². The van der Waals surface area contributed by atoms with Crippen LogP contribution in [0.15, 0.2) is 35.0 Å². The van der Waals surface area contributed by atoms with E-state index in [2.05, 4.69) is 20.3 Å². The molecule has 1 aromatic carbocycles. The van der Waals surface area contributed by atoms with E-state index in [1.165, 1.54) is 12.4 Å². The number of aromatic nitrogens is 3. The third kappa shape index (κ3) is 2.98. The number of nitrogen functional groups attached to an aromatic ring is 1. The van der Waals surface area contributed by atoms with Crippen LogP contribution < -0.4 is 11.1 Å². The van der Waals surface area contributed by atoms with Gasteiger partial charge in [-0.2, -0.15) is 0 Å². The molecule has 2 heterocycles. The summed E-state index contributed by atoms with van der Waals surface area (Å²) < 4.78 is 5.73. The minimum Gasteiger partial charge on any atom is -0.440 e. The van der Waals surface area contributed by atoms with Gasteiger partial charge in [-0.25, -0.2) is 15.0 Å². The monoisotopic (exact) mass is 311 g/mol. The Kier molecular flexibility index (Phi) is 3.48. The van der Waals surface area contributed by atoms with E-state index in [0.29, 0.717) is 22.7 Å². The Balaban J connectivity index is 1.89. The summed E-state index contributed by atoms with van der Waals surface area (Å²) in [6, 6.07) is 5.26. The molecule has 0 aliphatic rings. The van der Waals surface area contributed by atoms with E-state index < -0.39 is 5.91 Å². The smallest absolute Gasteiger partial charge is 0.278 e. The number of nitrogens with one attached hydrogen (secondary N) is 1. The molecule has 0 fully saturated rings. The summed E-state index contributed by atoms with van der Waals surface area (Å²) in [4.78, 5) is 24.5. The number of carbonyl (C=O) groups is 1. The van der Waals surface area contributed by atoms with Crippen LogP contribution in [-0.4, -0.2) is 20.9 Å². The lowest BCUT2D eigenvalue weighted by Crippen LogP contribution is -2.16. The highest BCUT2D eigenvalue weighted by molar-refractivity contribution is 6.06. The van der Waals surface area contributed by atoms with E-state index in [0.717, 1.165) is 0 Å². The summed E-state index contributed by atoms with van der Waals surface area (Å²) >= 11 is 0. The molecule has 0 aliphatic carbocycles. The first-order chi connectivity index (χ1) is 10.8. The summed E-state index contributed by atoms with van der Waals surface area (Å²) in [5, 5.41) is 2.74. The van der Waals surface area contributed by atoms with Crippen molar-refractivity contribution in [2.75, 3.05) is 11.1 Å². The minimum atomic E-state index is -0.422. The van der Waals surface area contributed by atoms with Gasteiger partial charge in [0.25, 0.3) is 5.91 Å². The van der Waals surface area contributed by atoms with Gasteiger partial charge in [0, 0.05) is 23.5 Å². The topological polar surface area (TPSA) is 107 Å². The first-order valence-electron chi connectivity index (χ1n) is 7.13. The van der Waals surface area contributed by atoms with Crippen LogP contribution in [0.25, 0.3) is 11.1 Å². The van der Waals surface area contributed by atoms with Crippen LogP contribution in [-0.2, 0) is 5.41 Å². The van der Waals surface area contributed by atoms with Crippen molar-refractivity contribution in [3.8, 4) is 0 Å². The SMILES string of the molecule is CC(C)(C)c1nc2cc(NC(=O)c3nccnc3N)ccc2o1. The van der Waals surface area contributed by atoms with E-state index in [1.54, 1.807) is 18.2 Å². The van der Waals surface area contributed by atoms with Crippen LogP contribution in [0, 0.1) is 0 Å². The summed E-state index contributed by atoms with van der Waals surface area (Å²) in [5.41, 5.74) is 7.50. The Labute approximate surface area is 132 Å². The first-order valence-corrected chi connectivity index (χ1v) is 7.13. The second kappa shape index (κ2) is 5.35. The minimum absolute atomic E-state index is 0.0857. The largest absolute Gasteiger partial charge is 0.440 e. The summed E-state index contributed by atoms with van der Waals surface area (Å²) in [5.74, 6) is 0.311. The molecule has 3 aromatic rings. The number of carbonyl (C=O) groups excluding carboxylic acids is 1. The molecule has 3 rings (SSSR count). The number of benzene rings is 1. The van der Waals surface area contributed by atoms with Crippen LogP contribution >= 0.6 is 0 Å². The quantitative estimate of drug-likeness (QED) is 0.753. The number of nitrogens with zero attached hydrogens (tertiary/aromatic N) is 3. The average Bonchev–Trinajstić information content (AvgIpc) is 2.91. The van der Waals surface area contributed by atoms with Crippen LogP contribution in [0.1, 0.15) is 37.2 Å². The Morgan fingerprint density at radius 1 is 1.22 bits per heavy atom. The van der Waals surface area contributed by atoms with E-state index in [4.69, 9.17) is 10.2 Å². The molecule has 0 spiro atoms. The van der Waals surface area contributed by atoms with E-state index >= 15 is 0 Å². The summed E-state index contributed by atoms with van der Waals surface area (Å²) in [6.07, 6.45) is 2.85. The van der Waals surface area contributed by atoms with Crippen LogP contribution in [0.4, 0.5) is 11.5 Å². The van der Waals surface area contributed by atoms with E-state index in [9.17, 15) is 4.79 Å². The van der Waals surface area contributed by atoms with Crippen LogP contribution in [0.3, 0.4) is 0 Å². The summed E-state index contributed by atoms with van der Waals surface area (Å²) in [7, 11) is 0. The first kappa shape index (κ1) is 15.0. The highest BCUT2D eigenvalue weighted by atomic mass is 16.3. The molecule has 0 aliphatic heterocycles. The lowest BCUT2D eigenvalue weighted by molar-refractivity contribution is 0.102. The molecular formula is C16H17N5O2. The Morgan fingerprint density at radius 3 is 2.65 bits per heavy atom. The molecule has 0 saturated carbocycles. The zero-order valence-corrected chi connectivity index (χ0v) is 13.1. The molecule has 0 unspecified atom stereocenters. The normalized spacial score (nSPS) is 11.6. The Morgan fingerprint density at radius 2 is 1.96 bits per heavy atom. The van der Waals surface area contributed by atoms with Crippen molar-refractivity contribution >= 4 is 28.5 Å². The molecule has 7 heteroatoms. The second-order valence-corrected chi connectivity index (χ2v) is 6.20. The standard InChI is InChI=1S/C16H17N5O2/c1-16(2,3)15-21-10-8-9(4-5-11(10)23-15)20-14(22)12-13(17)19-7-6-18-12/h4-8H,1-3H3,(H2,17,19)(H,20,22). The van der Waals surface area contributed by atoms with Crippen molar-refractivity contribution in [1.82, 2.24) is 15.0 Å². The number of hydrogen-bond donors (Lipinski definition) is 2. The maximum absolute atomic E-state index is 12.2. The van der Waals surface area contributed by atoms with Gasteiger partial charge in [-0.05, 0) is 18.2 Å². The van der Waals surface area contributed by atoms with Crippen LogP contribution in [0.5, 0.6) is 0 Å². The predicted octanol–water partition coefficient (Wildman–Crippen LogP) is 2.75. The Hall–Kier alpha value is -2.96. The fraction of sp³-hybridized carbons (Fsp3) is 0.250. The maximum atomic E-state index is 12.2. The van der Waals surface area contributed by atoms with Crippen molar-refractivity contribution in [2.45, 2.75) is 26.2 Å². The van der Waals surface area contributed by atoms with E-state index in [-0.39, 0.29) is 16.9 Å². The zero-order chi connectivity index (χ0) is 16.6. The lowest BCUT2D eigenvalue weighted by atomic mass is 9.97. The number of nitrogens with two attached hydrogens (primary N) is 1. The number of fused-ring (bicyclic) bond motifs is 1. The van der Waals surface area contributed by atoms with Crippen molar-refractivity contribution in [3.63, 3.8) is 0 Å². The second-order valence-electron chi connectivity index (χ2n) is 6.20. The molecule has 0 atom stereocenters. The molecule has 3 N–H and O–H groups in total. The molecule has 23 heavy (non-hydrogen) atoms. The average molecular weight is 311 g/mol. The summed E-state index contributed by atoms with van der Waals surface area (Å²) in [6.45, 7) is 6.08. The van der Waals surface area contributed by atoms with Crippen molar-refractivity contribution in [1.29, 1.82) is 0 Å². The molecule has 0 bridgehead atoms. The number of oxazole rings is 1. The zero-order valence-electron chi connectivity index (χ0n) is 13.1. The van der Waals surface area contributed by atoms with Gasteiger partial charge in [0.2, 0.25) is 5.89 Å². The van der Waals surface area contributed by atoms with E-state index in [1.807, 2.05) is 20.8 Å². The highest BCUT2D eigenvalue weighted by Crippen LogP contribution is 2.27. The van der Waals surface area contributed by atoms with Gasteiger partial charge in [0.05, 0.1) is 0 Å². The van der Waals surface area contributed by atoms with Gasteiger partial charge in [-0.15, -0.1) is 0 Å². The fourth-order valence-electron chi connectivity index (χ4n) is 2.04. The van der Waals surface area contributed by atoms with Crippen LogP contribution in [0.2, 0.25) is 0 Å². The third-order valence-electron chi connectivity index (χ3n) is 3.23. The maximum Gasteiger partial charge on any atom is 0.278 e. The number of hydrogen-bond acceptors (Lipinski definition) is 6. The third-order valence-corrected chi connectivity index (χ3v) is 3.23. The lowest BCUT2D eigenvalue weighted by Gasteiger charge is -2.11. The Bertz CT molecular complexity index is 880. The van der Waals surface area contributed by atoms with Gasteiger partial charge < -0.3 is 15.5 Å². The highest BCUT2D eigenvalue weighted by Gasteiger charge is 2.21. The molecule has 0 radical (unpaired) electrons. The van der Waals surface area contributed by atoms with Crippen molar-refractivity contribution in [3.05, 3.63) is 42.2 Å². The molecule has 118 valence electrons. The predicted molar refractivity (Wildman–Crippen MR) is 87.1 cm³/mol. The number of rotatable bonds is 2. The van der Waals surface area contributed by atoms with Gasteiger partial charge in [-0.3, -0.25) is 4.79 Å². The molecular weight excluding hydrogens is 294 g/mol. The molecule has 1 amide bonds.